The van der Waals surface area contributed by atoms with Gasteiger partial charge in [0.15, 0.2) is 5.82 Å². The van der Waals surface area contributed by atoms with E-state index in [1.54, 1.807) is 0 Å². The molecule has 1 N–H and O–H groups in total. The minimum absolute atomic E-state index is 0.265. The van der Waals surface area contributed by atoms with E-state index in [0.29, 0.717) is 5.88 Å². The van der Waals surface area contributed by atoms with Gasteiger partial charge < -0.3 is 4.90 Å². The van der Waals surface area contributed by atoms with Crippen molar-refractivity contribution in [2.24, 2.45) is 0 Å². The van der Waals surface area contributed by atoms with Crippen LogP contribution in [0.5, 0.6) is 0 Å². The highest BCUT2D eigenvalue weighted by atomic mass is 35.5. The van der Waals surface area contributed by atoms with E-state index < -0.39 is 0 Å². The maximum absolute atomic E-state index is 5.72. The van der Waals surface area contributed by atoms with Crippen molar-refractivity contribution < 1.29 is 0 Å². The lowest BCUT2D eigenvalue weighted by atomic mass is 10.2. The molecule has 16 heavy (non-hydrogen) atoms. The number of likely N-dealkylation sites (N-methyl/N-ethyl adjacent to an activating group) is 2. The maximum atomic E-state index is 5.72. The predicted molar refractivity (Wildman–Crippen MR) is 63.4 cm³/mol. The van der Waals surface area contributed by atoms with Crippen molar-refractivity contribution in [2.45, 2.75) is 18.3 Å². The van der Waals surface area contributed by atoms with Gasteiger partial charge in [0, 0.05) is 6.54 Å². The maximum Gasteiger partial charge on any atom is 0.169 e. The third kappa shape index (κ3) is 2.53. The standard InChI is InChI=1S/C10H18ClN5/c1-15-4-3-5-16(2)8(7-15)10-12-9(6-11)13-14-10/h8H,3-7H2,1-2H3,(H,12,13,14). The summed E-state index contributed by atoms with van der Waals surface area (Å²) in [5, 5.41) is 7.12. The summed E-state index contributed by atoms with van der Waals surface area (Å²) in [4.78, 5) is 9.05. The van der Waals surface area contributed by atoms with E-state index >= 15 is 0 Å². The largest absolute Gasteiger partial charge is 0.304 e. The lowest BCUT2D eigenvalue weighted by Gasteiger charge is -2.24. The van der Waals surface area contributed by atoms with Crippen molar-refractivity contribution in [3.05, 3.63) is 11.6 Å². The number of nitrogens with zero attached hydrogens (tertiary/aromatic N) is 4. The molecule has 0 spiro atoms. The molecule has 5 nitrogen and oxygen atoms in total. The number of hydrogen-bond donors (Lipinski definition) is 1. The van der Waals surface area contributed by atoms with Crippen LogP contribution in [0.3, 0.4) is 0 Å². The molecule has 1 atom stereocenters. The van der Waals surface area contributed by atoms with E-state index in [1.165, 1.54) is 6.42 Å². The van der Waals surface area contributed by atoms with Crippen molar-refractivity contribution in [1.82, 2.24) is 25.0 Å². The second-order valence-electron chi connectivity index (χ2n) is 4.39. The Bertz CT molecular complexity index is 340. The molecule has 1 aromatic rings. The van der Waals surface area contributed by atoms with E-state index in [9.17, 15) is 0 Å². The summed E-state index contributed by atoms with van der Waals surface area (Å²) in [5.41, 5.74) is 0. The zero-order valence-corrected chi connectivity index (χ0v) is 10.5. The van der Waals surface area contributed by atoms with Crippen molar-refractivity contribution in [3.8, 4) is 0 Å². The van der Waals surface area contributed by atoms with Gasteiger partial charge in [-0.3, -0.25) is 10.00 Å². The Kier molecular flexibility index (Phi) is 3.78. The van der Waals surface area contributed by atoms with Crippen LogP contribution < -0.4 is 0 Å². The number of halogens is 1. The van der Waals surface area contributed by atoms with Gasteiger partial charge in [0.2, 0.25) is 0 Å². The number of rotatable bonds is 2. The monoisotopic (exact) mass is 243 g/mol. The summed E-state index contributed by atoms with van der Waals surface area (Å²) in [6.07, 6.45) is 1.19. The average Bonchev–Trinajstić information content (AvgIpc) is 2.67. The van der Waals surface area contributed by atoms with E-state index in [2.05, 4.69) is 39.1 Å². The highest BCUT2D eigenvalue weighted by Crippen LogP contribution is 2.20. The van der Waals surface area contributed by atoms with Crippen molar-refractivity contribution >= 4 is 11.6 Å². The molecule has 1 aromatic heterocycles. The fraction of sp³-hybridized carbons (Fsp3) is 0.800. The third-order valence-corrected chi connectivity index (χ3v) is 3.29. The first kappa shape index (κ1) is 11.8. The summed E-state index contributed by atoms with van der Waals surface area (Å²) in [6.45, 7) is 3.18. The fourth-order valence-corrected chi connectivity index (χ4v) is 2.19. The molecule has 0 saturated carbocycles. The summed E-state index contributed by atoms with van der Waals surface area (Å²) in [7, 11) is 4.27. The second-order valence-corrected chi connectivity index (χ2v) is 4.65. The Hall–Kier alpha value is -0.650. The Morgan fingerprint density at radius 1 is 1.44 bits per heavy atom. The molecule has 0 radical (unpaired) electrons. The van der Waals surface area contributed by atoms with Crippen molar-refractivity contribution in [2.75, 3.05) is 33.7 Å². The zero-order valence-electron chi connectivity index (χ0n) is 9.78. The SMILES string of the molecule is CN1CCCN(C)C(c2n[nH]c(CCl)n2)C1. The molecule has 2 heterocycles. The molecule has 1 unspecified atom stereocenters. The van der Waals surface area contributed by atoms with Gasteiger partial charge in [0.1, 0.15) is 5.82 Å². The number of alkyl halides is 1. The average molecular weight is 244 g/mol. The van der Waals surface area contributed by atoms with Crippen LogP contribution in [0.1, 0.15) is 24.1 Å². The lowest BCUT2D eigenvalue weighted by molar-refractivity contribution is 0.220. The summed E-state index contributed by atoms with van der Waals surface area (Å²) in [6, 6.07) is 0.265. The number of aromatic amines is 1. The Labute approximate surface area is 101 Å². The number of H-pyrrole nitrogens is 1. The first-order valence-corrected chi connectivity index (χ1v) is 6.10. The lowest BCUT2D eigenvalue weighted by Crippen LogP contribution is -2.31. The second kappa shape index (κ2) is 5.12. The Morgan fingerprint density at radius 3 is 2.94 bits per heavy atom. The van der Waals surface area contributed by atoms with Crippen LogP contribution in [-0.2, 0) is 5.88 Å². The number of nitrogens with one attached hydrogen (secondary N) is 1. The van der Waals surface area contributed by atoms with Gasteiger partial charge in [-0.2, -0.15) is 5.10 Å². The molecule has 2 rings (SSSR count). The predicted octanol–water partition coefficient (Wildman–Crippen LogP) is 0.852. The minimum Gasteiger partial charge on any atom is -0.304 e. The van der Waals surface area contributed by atoms with Crippen LogP contribution in [0.15, 0.2) is 0 Å². The topological polar surface area (TPSA) is 48.0 Å². The molecule has 1 saturated heterocycles. The smallest absolute Gasteiger partial charge is 0.169 e. The van der Waals surface area contributed by atoms with Crippen molar-refractivity contribution in [1.29, 1.82) is 0 Å². The van der Waals surface area contributed by atoms with E-state index in [-0.39, 0.29) is 6.04 Å². The molecule has 0 bridgehead atoms. The van der Waals surface area contributed by atoms with Crippen LogP contribution in [0.4, 0.5) is 0 Å². The van der Waals surface area contributed by atoms with Gasteiger partial charge in [0.05, 0.1) is 11.9 Å². The number of aromatic nitrogens is 3. The van der Waals surface area contributed by atoms with Gasteiger partial charge in [-0.15, -0.1) is 11.6 Å². The molecule has 1 aliphatic rings. The zero-order chi connectivity index (χ0) is 11.5. The number of hydrogen-bond acceptors (Lipinski definition) is 4. The molecule has 0 amide bonds. The molecule has 0 aromatic carbocycles. The van der Waals surface area contributed by atoms with Gasteiger partial charge >= 0.3 is 0 Å². The van der Waals surface area contributed by atoms with Gasteiger partial charge in [-0.05, 0) is 33.6 Å². The highest BCUT2D eigenvalue weighted by molar-refractivity contribution is 6.16. The molecule has 1 aliphatic heterocycles. The Morgan fingerprint density at radius 2 is 2.25 bits per heavy atom. The van der Waals surface area contributed by atoms with Crippen molar-refractivity contribution in [3.63, 3.8) is 0 Å². The van der Waals surface area contributed by atoms with Crippen LogP contribution >= 0.6 is 11.6 Å². The van der Waals surface area contributed by atoms with Gasteiger partial charge in [-0.25, -0.2) is 4.98 Å². The Balaban J connectivity index is 2.15. The normalized spacial score (nSPS) is 24.6. The van der Waals surface area contributed by atoms with E-state index in [4.69, 9.17) is 11.6 Å². The molecular weight excluding hydrogens is 226 g/mol. The van der Waals surface area contributed by atoms with Crippen LogP contribution in [0.25, 0.3) is 0 Å². The summed E-state index contributed by atoms with van der Waals surface area (Å²) in [5.74, 6) is 1.99. The summed E-state index contributed by atoms with van der Waals surface area (Å²) >= 11 is 5.72. The summed E-state index contributed by atoms with van der Waals surface area (Å²) < 4.78 is 0. The van der Waals surface area contributed by atoms with Crippen LogP contribution in [0.2, 0.25) is 0 Å². The van der Waals surface area contributed by atoms with Crippen LogP contribution in [0, 0.1) is 0 Å². The van der Waals surface area contributed by atoms with Crippen LogP contribution in [-0.4, -0.2) is 58.7 Å². The first-order chi connectivity index (χ1) is 7.70. The quantitative estimate of drug-likeness (QED) is 0.783. The fourth-order valence-electron chi connectivity index (χ4n) is 2.07. The minimum atomic E-state index is 0.265. The molecule has 90 valence electrons. The van der Waals surface area contributed by atoms with Gasteiger partial charge in [0.25, 0.3) is 0 Å². The first-order valence-electron chi connectivity index (χ1n) is 5.56. The molecule has 6 heteroatoms. The van der Waals surface area contributed by atoms with E-state index in [1.807, 2.05) is 0 Å². The van der Waals surface area contributed by atoms with Gasteiger partial charge in [-0.1, -0.05) is 0 Å². The molecular formula is C10H18ClN5. The highest BCUT2D eigenvalue weighted by Gasteiger charge is 2.25. The third-order valence-electron chi connectivity index (χ3n) is 3.04. The molecule has 0 aliphatic carbocycles. The molecule has 1 fully saturated rings. The van der Waals surface area contributed by atoms with E-state index in [0.717, 1.165) is 31.3 Å².